The van der Waals surface area contributed by atoms with Gasteiger partial charge in [0.25, 0.3) is 0 Å². The second-order valence-corrected chi connectivity index (χ2v) is 5.16. The van der Waals surface area contributed by atoms with Gasteiger partial charge >= 0.3 is 0 Å². The monoisotopic (exact) mass is 297 g/mol. The number of benzene rings is 1. The second kappa shape index (κ2) is 7.36. The topological polar surface area (TPSA) is 31.4 Å². The molecule has 5 heteroatoms. The Morgan fingerprint density at radius 2 is 1.95 bits per heavy atom. The number of halogens is 1. The number of ether oxygens (including phenoxy) is 2. The molecule has 0 spiro atoms. The minimum absolute atomic E-state index is 0.437. The molecule has 3 nitrogen and oxygen atoms in total. The van der Waals surface area contributed by atoms with E-state index in [1.807, 2.05) is 29.6 Å². The summed E-state index contributed by atoms with van der Waals surface area (Å²) in [6.07, 6.45) is 0.972. The average Bonchev–Trinajstić information content (AvgIpc) is 2.91. The Hall–Kier alpha value is -1.26. The summed E-state index contributed by atoms with van der Waals surface area (Å²) >= 11 is 7.28. The van der Waals surface area contributed by atoms with Gasteiger partial charge in [-0.2, -0.15) is 0 Å². The number of thiazole rings is 1. The minimum Gasteiger partial charge on any atom is -0.490 e. The number of hydrogen-bond donors (Lipinski definition) is 0. The first-order valence-corrected chi connectivity index (χ1v) is 7.58. The Bertz CT molecular complexity index is 516. The Morgan fingerprint density at radius 1 is 1.21 bits per heavy atom. The van der Waals surface area contributed by atoms with Crippen LogP contribution in [0.1, 0.15) is 24.0 Å². The summed E-state index contributed by atoms with van der Waals surface area (Å²) in [6, 6.07) is 7.69. The summed E-state index contributed by atoms with van der Waals surface area (Å²) in [7, 11) is 0. The van der Waals surface area contributed by atoms with Crippen LogP contribution >= 0.6 is 22.9 Å². The van der Waals surface area contributed by atoms with Crippen LogP contribution in [0, 0.1) is 0 Å². The summed E-state index contributed by atoms with van der Waals surface area (Å²) in [5, 5.41) is 2.87. The van der Waals surface area contributed by atoms with Crippen LogP contribution in [0.3, 0.4) is 0 Å². The number of hydrogen-bond acceptors (Lipinski definition) is 4. The molecule has 102 valence electrons. The van der Waals surface area contributed by atoms with E-state index in [0.29, 0.717) is 19.1 Å². The molecule has 0 fully saturated rings. The van der Waals surface area contributed by atoms with Crippen LogP contribution in [0.5, 0.6) is 11.5 Å². The maximum atomic E-state index is 5.76. The highest BCUT2D eigenvalue weighted by molar-refractivity contribution is 7.09. The van der Waals surface area contributed by atoms with Crippen LogP contribution in [-0.2, 0) is 12.5 Å². The molecule has 2 aromatic rings. The fourth-order valence-corrected chi connectivity index (χ4v) is 2.45. The smallest absolute Gasteiger partial charge is 0.161 e. The van der Waals surface area contributed by atoms with E-state index in [-0.39, 0.29) is 0 Å². The van der Waals surface area contributed by atoms with E-state index in [2.05, 4.69) is 11.9 Å². The Kier molecular flexibility index (Phi) is 5.48. The minimum atomic E-state index is 0.437. The van der Waals surface area contributed by atoms with E-state index in [4.69, 9.17) is 21.1 Å². The first-order chi connectivity index (χ1) is 9.33. The third kappa shape index (κ3) is 4.11. The van der Waals surface area contributed by atoms with Crippen LogP contribution in [0.2, 0.25) is 0 Å². The van der Waals surface area contributed by atoms with Crippen molar-refractivity contribution in [1.82, 2.24) is 4.98 Å². The number of nitrogens with zero attached hydrogens (tertiary/aromatic N) is 1. The van der Waals surface area contributed by atoms with E-state index in [9.17, 15) is 0 Å². The van der Waals surface area contributed by atoms with Gasteiger partial charge in [0.1, 0.15) is 11.6 Å². The fourth-order valence-electron chi connectivity index (χ4n) is 1.52. The molecular formula is C14H16ClNO2S. The summed E-state index contributed by atoms with van der Waals surface area (Å²) in [6.45, 7) is 3.20. The van der Waals surface area contributed by atoms with Crippen molar-refractivity contribution in [3.8, 4) is 11.5 Å². The molecule has 0 radical (unpaired) electrons. The molecule has 1 aromatic carbocycles. The van der Waals surface area contributed by atoms with Gasteiger partial charge < -0.3 is 9.47 Å². The number of rotatable bonds is 7. The normalized spacial score (nSPS) is 10.4. The third-order valence-electron chi connectivity index (χ3n) is 2.40. The molecular weight excluding hydrogens is 282 g/mol. The zero-order chi connectivity index (χ0) is 13.5. The van der Waals surface area contributed by atoms with E-state index < -0.39 is 0 Å². The highest BCUT2D eigenvalue weighted by Crippen LogP contribution is 2.27. The molecule has 0 bridgehead atoms. The van der Waals surface area contributed by atoms with Crippen molar-refractivity contribution in [2.45, 2.75) is 25.8 Å². The Labute approximate surface area is 122 Å². The van der Waals surface area contributed by atoms with Gasteiger partial charge in [-0.15, -0.1) is 22.9 Å². The van der Waals surface area contributed by atoms with Crippen molar-refractivity contribution in [3.05, 3.63) is 40.3 Å². The van der Waals surface area contributed by atoms with Gasteiger partial charge in [-0.05, 0) is 18.6 Å². The quantitative estimate of drug-likeness (QED) is 0.716. The lowest BCUT2D eigenvalue weighted by Crippen LogP contribution is -2.00. The van der Waals surface area contributed by atoms with Gasteiger partial charge in [0, 0.05) is 5.38 Å². The molecule has 0 aliphatic carbocycles. The summed E-state index contributed by atoms with van der Waals surface area (Å²) < 4.78 is 11.4. The molecule has 0 saturated carbocycles. The van der Waals surface area contributed by atoms with Crippen LogP contribution < -0.4 is 9.47 Å². The lowest BCUT2D eigenvalue weighted by atomic mass is 10.3. The summed E-state index contributed by atoms with van der Waals surface area (Å²) in [5.41, 5.74) is 0.890. The third-order valence-corrected chi connectivity index (χ3v) is 3.54. The van der Waals surface area contributed by atoms with Crippen molar-refractivity contribution in [1.29, 1.82) is 0 Å². The molecule has 0 atom stereocenters. The average molecular weight is 298 g/mol. The van der Waals surface area contributed by atoms with Gasteiger partial charge in [0.05, 0.1) is 18.2 Å². The second-order valence-electron chi connectivity index (χ2n) is 3.95. The van der Waals surface area contributed by atoms with Crippen molar-refractivity contribution in [3.63, 3.8) is 0 Å². The molecule has 1 heterocycles. The maximum Gasteiger partial charge on any atom is 0.161 e. The van der Waals surface area contributed by atoms with E-state index in [0.717, 1.165) is 28.6 Å². The van der Waals surface area contributed by atoms with Gasteiger partial charge in [0.15, 0.2) is 11.5 Å². The largest absolute Gasteiger partial charge is 0.490 e. The lowest BCUT2D eigenvalue weighted by molar-refractivity contribution is 0.261. The van der Waals surface area contributed by atoms with E-state index in [1.165, 1.54) is 0 Å². The molecule has 0 N–H and O–H groups in total. The van der Waals surface area contributed by atoms with Crippen molar-refractivity contribution in [2.75, 3.05) is 6.61 Å². The van der Waals surface area contributed by atoms with Gasteiger partial charge in [-0.3, -0.25) is 0 Å². The van der Waals surface area contributed by atoms with E-state index >= 15 is 0 Å². The Balaban J connectivity index is 1.98. The number of aromatic nitrogens is 1. The molecule has 2 rings (SSSR count). The van der Waals surface area contributed by atoms with Crippen LogP contribution in [0.4, 0.5) is 0 Å². The van der Waals surface area contributed by atoms with Crippen molar-refractivity contribution < 1.29 is 9.47 Å². The molecule has 0 aliphatic rings. The molecule has 0 amide bonds. The molecule has 1 aromatic heterocycles. The fraction of sp³-hybridized carbons (Fsp3) is 0.357. The van der Waals surface area contributed by atoms with E-state index in [1.54, 1.807) is 11.3 Å². The highest BCUT2D eigenvalue weighted by Gasteiger charge is 2.06. The zero-order valence-corrected chi connectivity index (χ0v) is 12.3. The maximum absolute atomic E-state index is 5.76. The predicted molar refractivity (Wildman–Crippen MR) is 78.2 cm³/mol. The zero-order valence-electron chi connectivity index (χ0n) is 10.8. The highest BCUT2D eigenvalue weighted by atomic mass is 35.5. The Morgan fingerprint density at radius 3 is 2.58 bits per heavy atom. The van der Waals surface area contributed by atoms with Gasteiger partial charge in [-0.25, -0.2) is 4.98 Å². The standard InChI is InChI=1S/C14H16ClNO2S/c1-2-7-17-12-5-3-4-6-13(12)18-9-14-16-11(8-15)10-19-14/h3-6,10H,2,7-9H2,1H3. The molecule has 0 unspecified atom stereocenters. The predicted octanol–water partition coefficient (Wildman–Crippen LogP) is 4.25. The van der Waals surface area contributed by atoms with Crippen molar-refractivity contribution in [2.24, 2.45) is 0 Å². The van der Waals surface area contributed by atoms with Crippen LogP contribution in [0.15, 0.2) is 29.6 Å². The summed E-state index contributed by atoms with van der Waals surface area (Å²) in [4.78, 5) is 4.36. The number of para-hydroxylation sites is 2. The van der Waals surface area contributed by atoms with Crippen LogP contribution in [-0.4, -0.2) is 11.6 Å². The molecule has 19 heavy (non-hydrogen) atoms. The van der Waals surface area contributed by atoms with Gasteiger partial charge in [-0.1, -0.05) is 19.1 Å². The number of alkyl halides is 1. The van der Waals surface area contributed by atoms with Crippen molar-refractivity contribution >= 4 is 22.9 Å². The molecule has 0 saturated heterocycles. The van der Waals surface area contributed by atoms with Crippen LogP contribution in [0.25, 0.3) is 0 Å². The summed E-state index contributed by atoms with van der Waals surface area (Å²) in [5.74, 6) is 1.96. The molecule has 0 aliphatic heterocycles. The van der Waals surface area contributed by atoms with Gasteiger partial charge in [0.2, 0.25) is 0 Å². The first kappa shape index (κ1) is 14.2. The SMILES string of the molecule is CCCOc1ccccc1OCc1nc(CCl)cs1. The lowest BCUT2D eigenvalue weighted by Gasteiger charge is -2.11. The first-order valence-electron chi connectivity index (χ1n) is 6.17.